The van der Waals surface area contributed by atoms with Crippen LogP contribution in [0.25, 0.3) is 0 Å². The van der Waals surface area contributed by atoms with Crippen molar-refractivity contribution in [1.29, 1.82) is 0 Å². The summed E-state index contributed by atoms with van der Waals surface area (Å²) in [7, 11) is 0. The van der Waals surface area contributed by atoms with Crippen LogP contribution in [0.3, 0.4) is 0 Å². The van der Waals surface area contributed by atoms with Crippen LogP contribution < -0.4 is 5.73 Å². The second-order valence-corrected chi connectivity index (χ2v) is 4.91. The number of rotatable bonds is 6. The second kappa shape index (κ2) is 7.21. The summed E-state index contributed by atoms with van der Waals surface area (Å²) in [4.78, 5) is 10.9. The quantitative estimate of drug-likeness (QED) is 0.526. The molecule has 2 N–H and O–H groups in total. The minimum absolute atomic E-state index is 0.311. The monoisotopic (exact) mass is 205 g/mol. The fourth-order valence-electron chi connectivity index (χ4n) is 0.682. The zero-order valence-corrected chi connectivity index (χ0v) is 9.39. The van der Waals surface area contributed by atoms with Gasteiger partial charge < -0.3 is 10.5 Å². The van der Waals surface area contributed by atoms with E-state index in [9.17, 15) is 4.79 Å². The fourth-order valence-corrected chi connectivity index (χ4v) is 1.44. The molecule has 1 unspecified atom stereocenters. The van der Waals surface area contributed by atoms with Gasteiger partial charge in [0.15, 0.2) is 0 Å². The Balaban J connectivity index is 3.21. The van der Waals surface area contributed by atoms with Crippen molar-refractivity contribution >= 4 is 17.7 Å². The number of esters is 1. The predicted octanol–water partition coefficient (Wildman–Crippen LogP) is 1.41. The molecule has 0 fully saturated rings. The standard InChI is InChI=1S/C9H19NO2S/c1-7(2)13-6-4-5-12-9(11)8(3)10/h7-8H,4-6,10H2,1-3H3. The van der Waals surface area contributed by atoms with E-state index >= 15 is 0 Å². The van der Waals surface area contributed by atoms with Crippen molar-refractivity contribution in [3.63, 3.8) is 0 Å². The number of ether oxygens (including phenoxy) is 1. The number of thioether (sulfide) groups is 1. The summed E-state index contributed by atoms with van der Waals surface area (Å²) in [5, 5.41) is 0.643. The number of carbonyl (C=O) groups is 1. The van der Waals surface area contributed by atoms with E-state index in [0.29, 0.717) is 11.9 Å². The summed E-state index contributed by atoms with van der Waals surface area (Å²) < 4.78 is 4.91. The zero-order valence-electron chi connectivity index (χ0n) is 8.58. The maximum atomic E-state index is 10.9. The average Bonchev–Trinajstić information content (AvgIpc) is 2.02. The average molecular weight is 205 g/mol. The van der Waals surface area contributed by atoms with E-state index in [1.807, 2.05) is 11.8 Å². The Kier molecular flexibility index (Phi) is 7.09. The van der Waals surface area contributed by atoms with Crippen molar-refractivity contribution in [3.8, 4) is 0 Å². The van der Waals surface area contributed by atoms with Crippen molar-refractivity contribution in [2.75, 3.05) is 12.4 Å². The minimum atomic E-state index is -0.502. The Morgan fingerprint density at radius 2 is 2.08 bits per heavy atom. The van der Waals surface area contributed by atoms with Crippen LogP contribution in [0, 0.1) is 0 Å². The summed E-state index contributed by atoms with van der Waals surface area (Å²) in [6.45, 7) is 6.42. The van der Waals surface area contributed by atoms with Gasteiger partial charge in [0.2, 0.25) is 0 Å². The molecule has 0 aromatic heterocycles. The van der Waals surface area contributed by atoms with Crippen molar-refractivity contribution < 1.29 is 9.53 Å². The Hall–Kier alpha value is -0.220. The SMILES string of the molecule is CC(C)SCCCOC(=O)C(C)N. The minimum Gasteiger partial charge on any atom is -0.465 e. The highest BCUT2D eigenvalue weighted by Gasteiger charge is 2.07. The third-order valence-electron chi connectivity index (χ3n) is 1.36. The maximum Gasteiger partial charge on any atom is 0.322 e. The number of hydrogen-bond acceptors (Lipinski definition) is 4. The number of hydrogen-bond donors (Lipinski definition) is 1. The molecule has 0 aromatic rings. The van der Waals surface area contributed by atoms with Crippen LogP contribution in [0.15, 0.2) is 0 Å². The summed E-state index contributed by atoms with van der Waals surface area (Å²) in [5.41, 5.74) is 5.32. The van der Waals surface area contributed by atoms with E-state index in [1.165, 1.54) is 0 Å². The third-order valence-corrected chi connectivity index (χ3v) is 2.55. The molecule has 0 heterocycles. The first-order valence-corrected chi connectivity index (χ1v) is 5.62. The molecule has 0 aliphatic carbocycles. The van der Waals surface area contributed by atoms with Gasteiger partial charge in [0.1, 0.15) is 6.04 Å². The van der Waals surface area contributed by atoms with E-state index in [4.69, 9.17) is 10.5 Å². The van der Waals surface area contributed by atoms with Gasteiger partial charge in [0.05, 0.1) is 6.61 Å². The topological polar surface area (TPSA) is 52.3 Å². The van der Waals surface area contributed by atoms with Crippen molar-refractivity contribution in [1.82, 2.24) is 0 Å². The van der Waals surface area contributed by atoms with Crippen LogP contribution in [-0.4, -0.2) is 29.6 Å². The van der Waals surface area contributed by atoms with E-state index in [2.05, 4.69) is 13.8 Å². The second-order valence-electron chi connectivity index (χ2n) is 3.23. The van der Waals surface area contributed by atoms with Crippen LogP contribution in [0.4, 0.5) is 0 Å². The van der Waals surface area contributed by atoms with Gasteiger partial charge in [-0.3, -0.25) is 4.79 Å². The normalized spacial score (nSPS) is 13.0. The molecule has 3 nitrogen and oxygen atoms in total. The lowest BCUT2D eigenvalue weighted by atomic mass is 10.4. The third kappa shape index (κ3) is 8.12. The molecular formula is C9H19NO2S. The van der Waals surface area contributed by atoms with Crippen LogP contribution in [0.2, 0.25) is 0 Å². The van der Waals surface area contributed by atoms with Gasteiger partial charge in [-0.05, 0) is 24.3 Å². The van der Waals surface area contributed by atoms with Crippen LogP contribution >= 0.6 is 11.8 Å². The fraction of sp³-hybridized carbons (Fsp3) is 0.889. The van der Waals surface area contributed by atoms with Gasteiger partial charge in [-0.1, -0.05) is 13.8 Å². The van der Waals surface area contributed by atoms with Crippen LogP contribution in [-0.2, 0) is 9.53 Å². The van der Waals surface area contributed by atoms with Gasteiger partial charge in [-0.2, -0.15) is 11.8 Å². The summed E-state index contributed by atoms with van der Waals surface area (Å²) >= 11 is 1.87. The Labute approximate surface area is 84.4 Å². The maximum absolute atomic E-state index is 10.9. The molecule has 0 saturated carbocycles. The molecule has 0 aliphatic rings. The molecule has 0 saturated heterocycles. The molecular weight excluding hydrogens is 186 g/mol. The summed E-state index contributed by atoms with van der Waals surface area (Å²) in [6.07, 6.45) is 0.904. The molecule has 0 amide bonds. The predicted molar refractivity (Wildman–Crippen MR) is 56.8 cm³/mol. The molecule has 13 heavy (non-hydrogen) atoms. The first-order valence-electron chi connectivity index (χ1n) is 4.58. The van der Waals surface area contributed by atoms with Gasteiger partial charge in [0, 0.05) is 0 Å². The molecule has 0 aliphatic heterocycles. The summed E-state index contributed by atoms with van der Waals surface area (Å²) in [5.74, 6) is 0.721. The van der Waals surface area contributed by atoms with Crippen molar-refractivity contribution in [2.45, 2.75) is 38.5 Å². The smallest absolute Gasteiger partial charge is 0.322 e. The Morgan fingerprint density at radius 3 is 2.54 bits per heavy atom. The lowest BCUT2D eigenvalue weighted by Crippen LogP contribution is -2.29. The van der Waals surface area contributed by atoms with Crippen molar-refractivity contribution in [2.24, 2.45) is 5.73 Å². The lowest BCUT2D eigenvalue weighted by molar-refractivity contribution is -0.144. The molecule has 1 atom stereocenters. The zero-order chi connectivity index (χ0) is 10.3. The Bertz CT molecular complexity index is 149. The highest BCUT2D eigenvalue weighted by molar-refractivity contribution is 7.99. The van der Waals surface area contributed by atoms with E-state index in [-0.39, 0.29) is 5.97 Å². The van der Waals surface area contributed by atoms with Crippen LogP contribution in [0.5, 0.6) is 0 Å². The molecule has 0 spiro atoms. The number of carbonyl (C=O) groups excluding carboxylic acids is 1. The van der Waals surface area contributed by atoms with E-state index < -0.39 is 6.04 Å². The first-order chi connectivity index (χ1) is 6.04. The highest BCUT2D eigenvalue weighted by atomic mass is 32.2. The number of nitrogens with two attached hydrogens (primary N) is 1. The molecule has 0 radical (unpaired) electrons. The van der Waals surface area contributed by atoms with Gasteiger partial charge in [0.25, 0.3) is 0 Å². The van der Waals surface area contributed by atoms with Gasteiger partial charge >= 0.3 is 5.97 Å². The Morgan fingerprint density at radius 1 is 1.46 bits per heavy atom. The molecule has 0 bridgehead atoms. The highest BCUT2D eigenvalue weighted by Crippen LogP contribution is 2.09. The first kappa shape index (κ1) is 12.8. The largest absolute Gasteiger partial charge is 0.465 e. The molecule has 0 rings (SSSR count). The van der Waals surface area contributed by atoms with Crippen molar-refractivity contribution in [3.05, 3.63) is 0 Å². The summed E-state index contributed by atoms with van der Waals surface area (Å²) in [6, 6.07) is -0.502. The van der Waals surface area contributed by atoms with Gasteiger partial charge in [-0.15, -0.1) is 0 Å². The molecule has 0 aromatic carbocycles. The molecule has 78 valence electrons. The van der Waals surface area contributed by atoms with E-state index in [1.54, 1.807) is 6.92 Å². The lowest BCUT2D eigenvalue weighted by Gasteiger charge is -2.07. The van der Waals surface area contributed by atoms with E-state index in [0.717, 1.165) is 12.2 Å². The van der Waals surface area contributed by atoms with Gasteiger partial charge in [-0.25, -0.2) is 0 Å². The van der Waals surface area contributed by atoms with Crippen LogP contribution in [0.1, 0.15) is 27.2 Å². The molecule has 4 heteroatoms.